The first-order valence-corrected chi connectivity index (χ1v) is 10.1. The highest BCUT2D eigenvalue weighted by molar-refractivity contribution is 5.86. The lowest BCUT2D eigenvalue weighted by Gasteiger charge is -2.38. The average Bonchev–Trinajstić information content (AvgIpc) is 3.31. The number of para-hydroxylation sites is 2. The first kappa shape index (κ1) is 21.3. The summed E-state index contributed by atoms with van der Waals surface area (Å²) < 4.78 is 49.7. The third-order valence-electron chi connectivity index (χ3n) is 6.05. The Kier molecular flexibility index (Phi) is 5.01. The van der Waals surface area contributed by atoms with Gasteiger partial charge < -0.3 is 14.4 Å². The van der Waals surface area contributed by atoms with Crippen LogP contribution in [0.1, 0.15) is 37.0 Å². The summed E-state index contributed by atoms with van der Waals surface area (Å²) >= 11 is 0. The molecule has 0 saturated heterocycles. The summed E-state index contributed by atoms with van der Waals surface area (Å²) in [5, 5.41) is 20.9. The number of alkyl halides is 3. The summed E-state index contributed by atoms with van der Waals surface area (Å²) in [5.74, 6) is 0.621. The summed E-state index contributed by atoms with van der Waals surface area (Å²) in [6.45, 7) is 3.17. The fourth-order valence-corrected chi connectivity index (χ4v) is 4.57. The van der Waals surface area contributed by atoms with Crippen molar-refractivity contribution in [2.75, 3.05) is 6.61 Å². The third kappa shape index (κ3) is 3.66. The Morgan fingerprint density at radius 3 is 2.58 bits per heavy atom. The molecule has 0 fully saturated rings. The highest BCUT2D eigenvalue weighted by atomic mass is 19.4. The van der Waals surface area contributed by atoms with E-state index in [0.29, 0.717) is 28.8 Å². The lowest BCUT2D eigenvalue weighted by Crippen LogP contribution is -2.52. The molecule has 1 atom stereocenters. The molecule has 0 spiro atoms. The van der Waals surface area contributed by atoms with Crippen LogP contribution in [0.3, 0.4) is 0 Å². The van der Waals surface area contributed by atoms with Gasteiger partial charge in [0.05, 0.1) is 18.7 Å². The molecule has 2 aromatic carbocycles. The highest BCUT2D eigenvalue weighted by Crippen LogP contribution is 2.46. The van der Waals surface area contributed by atoms with E-state index < -0.39 is 30.2 Å². The fourth-order valence-electron chi connectivity index (χ4n) is 4.57. The molecule has 162 valence electrons. The normalized spacial score (nSPS) is 15.9. The number of fused-ring (bicyclic) bond motifs is 2. The molecule has 1 N–H and O–H groups in total. The van der Waals surface area contributed by atoms with Gasteiger partial charge in [0.15, 0.2) is 5.60 Å². The molecule has 0 aliphatic carbocycles. The lowest BCUT2D eigenvalue weighted by atomic mass is 9.74. The van der Waals surface area contributed by atoms with Crippen molar-refractivity contribution in [2.24, 2.45) is 0 Å². The van der Waals surface area contributed by atoms with Crippen molar-refractivity contribution in [1.29, 1.82) is 5.26 Å². The topological polar surface area (TPSA) is 58.2 Å². The Bertz CT molecular complexity index is 1170. The summed E-state index contributed by atoms with van der Waals surface area (Å²) in [7, 11) is 0. The van der Waals surface area contributed by atoms with Crippen LogP contribution in [0.5, 0.6) is 5.75 Å². The molecule has 0 radical (unpaired) electrons. The molecule has 0 amide bonds. The van der Waals surface area contributed by atoms with Gasteiger partial charge in [0.1, 0.15) is 11.8 Å². The third-order valence-corrected chi connectivity index (χ3v) is 6.05. The van der Waals surface area contributed by atoms with Gasteiger partial charge in [0.25, 0.3) is 0 Å². The molecular weight excluding hydrogens is 405 g/mol. The number of hydrogen-bond donors (Lipinski definition) is 1. The van der Waals surface area contributed by atoms with E-state index in [1.165, 1.54) is 10.8 Å². The first-order valence-electron chi connectivity index (χ1n) is 10.1. The van der Waals surface area contributed by atoms with Gasteiger partial charge in [-0.3, -0.25) is 0 Å². The number of aromatic nitrogens is 1. The standard InChI is InChI=1S/C24H23F3N2O2/c1-22(2,19-8-5-6-16-10-11-31-21(16)19)14-23(30,24(25,26)27)15-29-13-17(12-28)18-7-3-4-9-20(18)29/h3-9,13,30H,10-11,14-15H2,1-2H3. The van der Waals surface area contributed by atoms with Crippen molar-refractivity contribution in [3.63, 3.8) is 0 Å². The van der Waals surface area contributed by atoms with E-state index >= 15 is 0 Å². The molecule has 1 aliphatic rings. The maximum Gasteiger partial charge on any atom is 0.418 e. The predicted molar refractivity (Wildman–Crippen MR) is 111 cm³/mol. The zero-order valence-corrected chi connectivity index (χ0v) is 17.3. The monoisotopic (exact) mass is 428 g/mol. The molecule has 0 saturated carbocycles. The van der Waals surface area contributed by atoms with Crippen LogP contribution >= 0.6 is 0 Å². The van der Waals surface area contributed by atoms with Gasteiger partial charge in [-0.05, 0) is 23.5 Å². The van der Waals surface area contributed by atoms with Crippen LogP contribution in [0.2, 0.25) is 0 Å². The van der Waals surface area contributed by atoms with Crippen LogP contribution in [0, 0.1) is 11.3 Å². The minimum atomic E-state index is -4.87. The number of nitriles is 1. The van der Waals surface area contributed by atoms with Crippen LogP contribution in [0.25, 0.3) is 10.9 Å². The molecule has 4 rings (SSSR count). The molecule has 7 heteroatoms. The van der Waals surface area contributed by atoms with Gasteiger partial charge in [-0.15, -0.1) is 0 Å². The van der Waals surface area contributed by atoms with Crippen molar-refractivity contribution in [3.8, 4) is 11.8 Å². The average molecular weight is 428 g/mol. The van der Waals surface area contributed by atoms with E-state index in [0.717, 1.165) is 12.0 Å². The van der Waals surface area contributed by atoms with Crippen LogP contribution in [-0.4, -0.2) is 28.1 Å². The zero-order valence-electron chi connectivity index (χ0n) is 17.3. The second-order valence-electron chi connectivity index (χ2n) is 8.78. The Hall–Kier alpha value is -2.98. The number of halogens is 3. The number of ether oxygens (including phenoxy) is 1. The Balaban J connectivity index is 1.75. The van der Waals surface area contributed by atoms with E-state index in [1.807, 2.05) is 18.2 Å². The molecule has 0 bridgehead atoms. The molecule has 4 nitrogen and oxygen atoms in total. The maximum atomic E-state index is 14.2. The quantitative estimate of drug-likeness (QED) is 0.615. The van der Waals surface area contributed by atoms with Gasteiger partial charge in [0, 0.05) is 29.1 Å². The predicted octanol–water partition coefficient (Wildman–Crippen LogP) is 5.11. The largest absolute Gasteiger partial charge is 0.493 e. The smallest absolute Gasteiger partial charge is 0.418 e. The van der Waals surface area contributed by atoms with Crippen LogP contribution in [0.4, 0.5) is 13.2 Å². The molecular formula is C24H23F3N2O2. The Labute approximate surface area is 178 Å². The maximum absolute atomic E-state index is 14.2. The van der Waals surface area contributed by atoms with Gasteiger partial charge >= 0.3 is 6.18 Å². The number of rotatable bonds is 5. The Morgan fingerprint density at radius 1 is 1.13 bits per heavy atom. The van der Waals surface area contributed by atoms with Crippen molar-refractivity contribution < 1.29 is 23.0 Å². The minimum absolute atomic E-state index is 0.272. The summed E-state index contributed by atoms with van der Waals surface area (Å²) in [4.78, 5) is 0. The number of aliphatic hydroxyl groups is 1. The number of nitrogens with zero attached hydrogens (tertiary/aromatic N) is 2. The van der Waals surface area contributed by atoms with E-state index in [4.69, 9.17) is 4.74 Å². The summed E-state index contributed by atoms with van der Waals surface area (Å²) in [5.41, 5.74) is -1.65. The van der Waals surface area contributed by atoms with Gasteiger partial charge in [-0.25, -0.2) is 0 Å². The van der Waals surface area contributed by atoms with Crippen LogP contribution < -0.4 is 4.74 Å². The molecule has 1 unspecified atom stereocenters. The van der Waals surface area contributed by atoms with Gasteiger partial charge in [0.2, 0.25) is 0 Å². The molecule has 1 aromatic heterocycles. The second kappa shape index (κ2) is 7.31. The zero-order chi connectivity index (χ0) is 22.4. The molecule has 2 heterocycles. The SMILES string of the molecule is CC(C)(CC(O)(Cn1cc(C#N)c2ccccc21)C(F)(F)F)c1cccc2c1OCC2. The van der Waals surface area contributed by atoms with E-state index in [-0.39, 0.29) is 5.56 Å². The minimum Gasteiger partial charge on any atom is -0.493 e. The number of hydrogen-bond acceptors (Lipinski definition) is 3. The van der Waals surface area contributed by atoms with Crippen molar-refractivity contribution in [2.45, 2.75) is 50.4 Å². The van der Waals surface area contributed by atoms with E-state index in [2.05, 4.69) is 0 Å². The van der Waals surface area contributed by atoms with Gasteiger partial charge in [-0.2, -0.15) is 18.4 Å². The highest BCUT2D eigenvalue weighted by Gasteiger charge is 2.56. The van der Waals surface area contributed by atoms with Crippen LogP contribution in [0.15, 0.2) is 48.7 Å². The van der Waals surface area contributed by atoms with E-state index in [9.17, 15) is 23.5 Å². The van der Waals surface area contributed by atoms with Crippen molar-refractivity contribution >= 4 is 10.9 Å². The van der Waals surface area contributed by atoms with E-state index in [1.54, 1.807) is 44.2 Å². The Morgan fingerprint density at radius 2 is 1.87 bits per heavy atom. The van der Waals surface area contributed by atoms with Crippen LogP contribution in [-0.2, 0) is 18.4 Å². The summed E-state index contributed by atoms with van der Waals surface area (Å²) in [6.07, 6.45) is -3.34. The lowest BCUT2D eigenvalue weighted by molar-refractivity contribution is -0.271. The molecule has 1 aliphatic heterocycles. The van der Waals surface area contributed by atoms with Crippen molar-refractivity contribution in [3.05, 3.63) is 65.4 Å². The number of benzene rings is 2. The van der Waals surface area contributed by atoms with Crippen molar-refractivity contribution in [1.82, 2.24) is 4.57 Å². The fraction of sp³-hybridized carbons (Fsp3) is 0.375. The molecule has 31 heavy (non-hydrogen) atoms. The first-order chi connectivity index (χ1) is 14.6. The summed E-state index contributed by atoms with van der Waals surface area (Å²) in [6, 6.07) is 14.3. The second-order valence-corrected chi connectivity index (χ2v) is 8.78. The van der Waals surface area contributed by atoms with Gasteiger partial charge in [-0.1, -0.05) is 50.2 Å². The molecule has 3 aromatic rings.